The fourth-order valence-electron chi connectivity index (χ4n) is 2.22. The third-order valence-electron chi connectivity index (χ3n) is 3.54. The topological polar surface area (TPSA) is 52.6 Å². The quantitative estimate of drug-likeness (QED) is 0.895. The SMILES string of the molecule is C[C@@H](C(=O)Nc1ccc(Br)cc1)N1CCC(O)CC1. The molecule has 1 aromatic rings. The normalized spacial score (nSPS) is 19.1. The zero-order valence-electron chi connectivity index (χ0n) is 11.0. The van der Waals surface area contributed by atoms with Crippen molar-refractivity contribution in [2.45, 2.75) is 31.9 Å². The summed E-state index contributed by atoms with van der Waals surface area (Å²) in [6.45, 7) is 3.46. The van der Waals surface area contributed by atoms with Crippen LogP contribution in [0.1, 0.15) is 19.8 Å². The van der Waals surface area contributed by atoms with E-state index in [9.17, 15) is 9.90 Å². The van der Waals surface area contributed by atoms with E-state index in [4.69, 9.17) is 0 Å². The summed E-state index contributed by atoms with van der Waals surface area (Å²) in [7, 11) is 0. The second kappa shape index (κ2) is 6.50. The molecule has 2 rings (SSSR count). The Labute approximate surface area is 121 Å². The van der Waals surface area contributed by atoms with Crippen LogP contribution < -0.4 is 5.32 Å². The highest BCUT2D eigenvalue weighted by atomic mass is 79.9. The molecular weight excluding hydrogens is 308 g/mol. The molecule has 0 radical (unpaired) electrons. The van der Waals surface area contributed by atoms with Gasteiger partial charge in [-0.05, 0) is 44.0 Å². The maximum atomic E-state index is 12.2. The Morgan fingerprint density at radius 3 is 2.53 bits per heavy atom. The summed E-state index contributed by atoms with van der Waals surface area (Å²) < 4.78 is 0.989. The summed E-state index contributed by atoms with van der Waals surface area (Å²) in [5, 5.41) is 12.4. The van der Waals surface area contributed by atoms with E-state index >= 15 is 0 Å². The predicted octanol–water partition coefficient (Wildman–Crippen LogP) is 2.23. The number of carbonyl (C=O) groups excluding carboxylic acids is 1. The summed E-state index contributed by atoms with van der Waals surface area (Å²) in [5.41, 5.74) is 0.803. The minimum atomic E-state index is -0.210. The number of carbonyl (C=O) groups is 1. The van der Waals surface area contributed by atoms with Crippen molar-refractivity contribution >= 4 is 27.5 Å². The zero-order valence-corrected chi connectivity index (χ0v) is 12.6. The monoisotopic (exact) mass is 326 g/mol. The average molecular weight is 327 g/mol. The molecule has 1 fully saturated rings. The van der Waals surface area contributed by atoms with Crippen LogP contribution in [0, 0.1) is 0 Å². The average Bonchev–Trinajstić information content (AvgIpc) is 2.41. The van der Waals surface area contributed by atoms with E-state index in [1.165, 1.54) is 0 Å². The van der Waals surface area contributed by atoms with Crippen LogP contribution in [0.5, 0.6) is 0 Å². The van der Waals surface area contributed by atoms with E-state index in [2.05, 4.69) is 26.1 Å². The number of hydrogen-bond acceptors (Lipinski definition) is 3. The highest BCUT2D eigenvalue weighted by Crippen LogP contribution is 2.16. The van der Waals surface area contributed by atoms with E-state index in [0.29, 0.717) is 0 Å². The van der Waals surface area contributed by atoms with E-state index < -0.39 is 0 Å². The second-order valence-corrected chi connectivity index (χ2v) is 5.85. The fraction of sp³-hybridized carbons (Fsp3) is 0.500. The molecule has 1 amide bonds. The van der Waals surface area contributed by atoms with Gasteiger partial charge in [0.2, 0.25) is 5.91 Å². The lowest BCUT2D eigenvalue weighted by Crippen LogP contribution is -2.47. The van der Waals surface area contributed by atoms with Crippen LogP contribution in [0.25, 0.3) is 0 Å². The lowest BCUT2D eigenvalue weighted by atomic mass is 10.1. The number of benzene rings is 1. The Hall–Kier alpha value is -0.910. The van der Waals surface area contributed by atoms with Crippen molar-refractivity contribution in [1.82, 2.24) is 4.90 Å². The molecular formula is C14H19BrN2O2. The zero-order chi connectivity index (χ0) is 13.8. The van der Waals surface area contributed by atoms with Gasteiger partial charge in [-0.15, -0.1) is 0 Å². The maximum Gasteiger partial charge on any atom is 0.241 e. The number of halogens is 1. The summed E-state index contributed by atoms with van der Waals surface area (Å²) >= 11 is 3.36. The van der Waals surface area contributed by atoms with Gasteiger partial charge in [-0.2, -0.15) is 0 Å². The van der Waals surface area contributed by atoms with Crippen molar-refractivity contribution in [1.29, 1.82) is 0 Å². The van der Waals surface area contributed by atoms with Gasteiger partial charge in [0, 0.05) is 23.2 Å². The molecule has 0 unspecified atom stereocenters. The van der Waals surface area contributed by atoms with Gasteiger partial charge in [0.1, 0.15) is 0 Å². The van der Waals surface area contributed by atoms with E-state index in [1.54, 1.807) is 0 Å². The minimum absolute atomic E-state index is 0.00119. The molecule has 104 valence electrons. The fourth-order valence-corrected chi connectivity index (χ4v) is 2.48. The highest BCUT2D eigenvalue weighted by Gasteiger charge is 2.25. The van der Waals surface area contributed by atoms with Gasteiger partial charge >= 0.3 is 0 Å². The molecule has 5 heteroatoms. The van der Waals surface area contributed by atoms with Crippen LogP contribution in [-0.4, -0.2) is 41.1 Å². The Morgan fingerprint density at radius 1 is 1.37 bits per heavy atom. The van der Waals surface area contributed by atoms with E-state index in [0.717, 1.165) is 36.1 Å². The molecule has 1 aromatic carbocycles. The number of likely N-dealkylation sites (tertiary alicyclic amines) is 1. The smallest absolute Gasteiger partial charge is 0.241 e. The number of rotatable bonds is 3. The number of aliphatic hydroxyl groups is 1. The van der Waals surface area contributed by atoms with Crippen LogP contribution in [0.4, 0.5) is 5.69 Å². The third kappa shape index (κ3) is 4.03. The summed E-state index contributed by atoms with van der Waals surface area (Å²) in [6, 6.07) is 7.37. The first kappa shape index (κ1) is 14.5. The molecule has 1 aliphatic rings. The number of hydrogen-bond donors (Lipinski definition) is 2. The van der Waals surface area contributed by atoms with E-state index in [1.807, 2.05) is 31.2 Å². The van der Waals surface area contributed by atoms with Crippen LogP contribution >= 0.6 is 15.9 Å². The third-order valence-corrected chi connectivity index (χ3v) is 4.07. The van der Waals surface area contributed by atoms with Crippen LogP contribution in [0.15, 0.2) is 28.7 Å². The Morgan fingerprint density at radius 2 is 1.95 bits per heavy atom. The van der Waals surface area contributed by atoms with Crippen molar-refractivity contribution in [2.24, 2.45) is 0 Å². The molecule has 1 atom stereocenters. The van der Waals surface area contributed by atoms with Crippen LogP contribution in [0.2, 0.25) is 0 Å². The minimum Gasteiger partial charge on any atom is -0.393 e. The lowest BCUT2D eigenvalue weighted by Gasteiger charge is -2.33. The first-order chi connectivity index (χ1) is 9.06. The molecule has 4 nitrogen and oxygen atoms in total. The van der Waals surface area contributed by atoms with Crippen LogP contribution in [0.3, 0.4) is 0 Å². The van der Waals surface area contributed by atoms with Gasteiger partial charge < -0.3 is 10.4 Å². The molecule has 19 heavy (non-hydrogen) atoms. The summed E-state index contributed by atoms with van der Waals surface area (Å²) in [5.74, 6) is -0.00119. The maximum absolute atomic E-state index is 12.2. The Bertz CT molecular complexity index is 428. The van der Waals surface area contributed by atoms with Crippen molar-refractivity contribution in [3.63, 3.8) is 0 Å². The second-order valence-electron chi connectivity index (χ2n) is 4.94. The van der Waals surface area contributed by atoms with Gasteiger partial charge in [0.25, 0.3) is 0 Å². The first-order valence-electron chi connectivity index (χ1n) is 6.55. The van der Waals surface area contributed by atoms with Crippen molar-refractivity contribution in [3.8, 4) is 0 Å². The van der Waals surface area contributed by atoms with Crippen molar-refractivity contribution in [3.05, 3.63) is 28.7 Å². The van der Waals surface area contributed by atoms with Crippen molar-refractivity contribution in [2.75, 3.05) is 18.4 Å². The number of nitrogens with zero attached hydrogens (tertiary/aromatic N) is 1. The molecule has 1 heterocycles. The first-order valence-corrected chi connectivity index (χ1v) is 7.34. The van der Waals surface area contributed by atoms with E-state index in [-0.39, 0.29) is 18.1 Å². The number of amides is 1. The molecule has 0 bridgehead atoms. The molecule has 1 saturated heterocycles. The Kier molecular flexibility index (Phi) is 4.96. The van der Waals surface area contributed by atoms with Gasteiger partial charge in [-0.1, -0.05) is 15.9 Å². The molecule has 0 aromatic heterocycles. The van der Waals surface area contributed by atoms with Gasteiger partial charge in [-0.25, -0.2) is 0 Å². The van der Waals surface area contributed by atoms with Gasteiger partial charge in [0.15, 0.2) is 0 Å². The molecule has 1 aliphatic heterocycles. The van der Waals surface area contributed by atoms with Crippen molar-refractivity contribution < 1.29 is 9.90 Å². The molecule has 0 saturated carbocycles. The van der Waals surface area contributed by atoms with Crippen LogP contribution in [-0.2, 0) is 4.79 Å². The number of anilines is 1. The van der Waals surface area contributed by atoms with Gasteiger partial charge in [-0.3, -0.25) is 9.69 Å². The highest BCUT2D eigenvalue weighted by molar-refractivity contribution is 9.10. The summed E-state index contributed by atoms with van der Waals surface area (Å²) in [6.07, 6.45) is 1.28. The standard InChI is InChI=1S/C14H19BrN2O2/c1-10(17-8-6-13(18)7-9-17)14(19)16-12-4-2-11(15)3-5-12/h2-5,10,13,18H,6-9H2,1H3,(H,16,19)/t10-/m0/s1. The molecule has 0 spiro atoms. The lowest BCUT2D eigenvalue weighted by molar-refractivity contribution is -0.121. The Balaban J connectivity index is 1.90. The largest absolute Gasteiger partial charge is 0.393 e. The molecule has 2 N–H and O–H groups in total. The molecule has 0 aliphatic carbocycles. The number of piperidine rings is 1. The predicted molar refractivity (Wildman–Crippen MR) is 79.0 cm³/mol. The summed E-state index contributed by atoms with van der Waals surface area (Å²) in [4.78, 5) is 14.3. The van der Waals surface area contributed by atoms with Gasteiger partial charge in [0.05, 0.1) is 12.1 Å². The number of aliphatic hydroxyl groups excluding tert-OH is 1. The number of nitrogens with one attached hydrogen (secondary N) is 1.